The van der Waals surface area contributed by atoms with Crippen molar-refractivity contribution in [1.82, 2.24) is 5.32 Å². The van der Waals surface area contributed by atoms with Crippen LogP contribution < -0.4 is 5.32 Å². The summed E-state index contributed by atoms with van der Waals surface area (Å²) in [6.45, 7) is 5.15. The van der Waals surface area contributed by atoms with Crippen molar-refractivity contribution in [3.8, 4) is 0 Å². The molecule has 3 atom stereocenters. The number of hydrogen-bond donors (Lipinski definition) is 1. The summed E-state index contributed by atoms with van der Waals surface area (Å²) in [5, 5.41) is 2.88. The molecule has 0 aliphatic rings. The van der Waals surface area contributed by atoms with Crippen LogP contribution in [0, 0.1) is 5.92 Å². The molecule has 0 radical (unpaired) electrons. The van der Waals surface area contributed by atoms with Crippen LogP contribution in [0.4, 0.5) is 0 Å². The summed E-state index contributed by atoms with van der Waals surface area (Å²) >= 11 is 0. The van der Waals surface area contributed by atoms with E-state index >= 15 is 0 Å². The van der Waals surface area contributed by atoms with Gasteiger partial charge in [-0.1, -0.05) is 50.6 Å². The molecule has 0 aliphatic heterocycles. The zero-order valence-corrected chi connectivity index (χ0v) is 13.5. The summed E-state index contributed by atoms with van der Waals surface area (Å²) < 4.78 is 4.78. The Morgan fingerprint density at radius 2 is 1.77 bits per heavy atom. The summed E-state index contributed by atoms with van der Waals surface area (Å²) in [6.07, 6.45) is 0.719. The second-order valence-corrected chi connectivity index (χ2v) is 5.33. The predicted molar refractivity (Wildman–Crippen MR) is 83.6 cm³/mol. The Morgan fingerprint density at radius 1 is 1.18 bits per heavy atom. The molecule has 5 heteroatoms. The topological polar surface area (TPSA) is 72.5 Å². The van der Waals surface area contributed by atoms with Crippen LogP contribution >= 0.6 is 0 Å². The largest absolute Gasteiger partial charge is 0.468 e. The van der Waals surface area contributed by atoms with Gasteiger partial charge in [0.25, 0.3) is 0 Å². The number of methoxy groups -OCH3 is 1. The molecule has 0 bridgehead atoms. The lowest BCUT2D eigenvalue weighted by atomic mass is 9.95. The summed E-state index contributed by atoms with van der Waals surface area (Å²) in [5.41, 5.74) is 0.433. The molecule has 0 spiro atoms. The molecule has 0 heterocycles. The molecule has 1 N–H and O–H groups in total. The average molecular weight is 305 g/mol. The summed E-state index contributed by atoms with van der Waals surface area (Å²) in [4.78, 5) is 36.3. The molecule has 1 rings (SSSR count). The van der Waals surface area contributed by atoms with Crippen molar-refractivity contribution in [1.29, 1.82) is 0 Å². The van der Waals surface area contributed by atoms with Gasteiger partial charge in [0.1, 0.15) is 12.1 Å². The lowest BCUT2D eigenvalue weighted by molar-refractivity contribution is -0.144. The number of esters is 1. The number of hydrogen-bond acceptors (Lipinski definition) is 5. The van der Waals surface area contributed by atoms with Crippen molar-refractivity contribution < 1.29 is 19.1 Å². The number of rotatable bonds is 8. The summed E-state index contributed by atoms with van der Waals surface area (Å²) in [6, 6.07) is 6.81. The normalized spacial score (nSPS) is 14.7. The smallest absolute Gasteiger partial charge is 0.323 e. The molecule has 1 aromatic rings. The third kappa shape index (κ3) is 4.49. The van der Waals surface area contributed by atoms with Gasteiger partial charge in [-0.05, 0) is 12.8 Å². The van der Waals surface area contributed by atoms with Crippen LogP contribution in [0.5, 0.6) is 0 Å². The molecule has 0 fully saturated rings. The minimum Gasteiger partial charge on any atom is -0.468 e. The van der Waals surface area contributed by atoms with Gasteiger partial charge in [0, 0.05) is 5.56 Å². The van der Waals surface area contributed by atoms with E-state index in [-0.39, 0.29) is 17.5 Å². The second-order valence-electron chi connectivity index (χ2n) is 5.33. The van der Waals surface area contributed by atoms with Crippen molar-refractivity contribution in [3.05, 3.63) is 35.9 Å². The summed E-state index contributed by atoms with van der Waals surface area (Å²) in [7, 11) is 1.29. The van der Waals surface area contributed by atoms with Gasteiger partial charge >= 0.3 is 5.97 Å². The van der Waals surface area contributed by atoms with Gasteiger partial charge in [-0.2, -0.15) is 0 Å². The quantitative estimate of drug-likeness (QED) is 0.452. The van der Waals surface area contributed by atoms with E-state index in [1.807, 2.05) is 13.8 Å². The van der Waals surface area contributed by atoms with E-state index in [4.69, 9.17) is 4.74 Å². The van der Waals surface area contributed by atoms with Crippen molar-refractivity contribution >= 4 is 17.5 Å². The highest BCUT2D eigenvalue weighted by atomic mass is 16.5. The molecule has 0 saturated carbocycles. The maximum absolute atomic E-state index is 12.5. The first-order valence-corrected chi connectivity index (χ1v) is 7.35. The first-order chi connectivity index (χ1) is 10.4. The van der Waals surface area contributed by atoms with E-state index in [1.165, 1.54) is 14.0 Å². The molecule has 22 heavy (non-hydrogen) atoms. The van der Waals surface area contributed by atoms with E-state index in [2.05, 4.69) is 5.32 Å². The molecule has 5 nitrogen and oxygen atoms in total. The third-order valence-corrected chi connectivity index (χ3v) is 3.74. The number of ether oxygens (including phenoxy) is 1. The number of Topliss-reactive ketones (excluding diaryl/α,β-unsaturated/α-hetero) is 2. The van der Waals surface area contributed by atoms with Crippen LogP contribution in [-0.2, 0) is 14.3 Å². The third-order valence-electron chi connectivity index (χ3n) is 3.74. The second kappa shape index (κ2) is 8.44. The highest BCUT2D eigenvalue weighted by Gasteiger charge is 2.33. The lowest BCUT2D eigenvalue weighted by Gasteiger charge is -2.25. The van der Waals surface area contributed by atoms with Crippen LogP contribution in [0.1, 0.15) is 37.6 Å². The van der Waals surface area contributed by atoms with Gasteiger partial charge in [0.15, 0.2) is 11.6 Å². The fraction of sp³-hybridized carbons (Fsp3) is 0.471. The SMILES string of the molecule is CCC(C)C(NC(C(C)=O)C(=O)c1ccccc1)C(=O)OC. The Labute approximate surface area is 131 Å². The van der Waals surface area contributed by atoms with E-state index < -0.39 is 18.1 Å². The fourth-order valence-electron chi connectivity index (χ4n) is 2.15. The van der Waals surface area contributed by atoms with E-state index in [9.17, 15) is 14.4 Å². The van der Waals surface area contributed by atoms with Crippen molar-refractivity contribution in [3.63, 3.8) is 0 Å². The Balaban J connectivity index is 3.02. The minimum atomic E-state index is -1.06. The number of carbonyl (C=O) groups excluding carboxylic acids is 3. The predicted octanol–water partition coefficient (Wildman–Crippen LogP) is 2.00. The first-order valence-electron chi connectivity index (χ1n) is 7.35. The average Bonchev–Trinajstić information content (AvgIpc) is 2.54. The molecule has 0 amide bonds. The van der Waals surface area contributed by atoms with Crippen LogP contribution in [0.25, 0.3) is 0 Å². The zero-order chi connectivity index (χ0) is 16.7. The van der Waals surface area contributed by atoms with Crippen molar-refractivity contribution in [2.24, 2.45) is 5.92 Å². The standard InChI is InChI=1S/C17H23NO4/c1-5-11(2)14(17(21)22-4)18-15(12(3)19)16(20)13-9-7-6-8-10-13/h6-11,14-15,18H,5H2,1-4H3. The van der Waals surface area contributed by atoms with Gasteiger partial charge in [-0.15, -0.1) is 0 Å². The van der Waals surface area contributed by atoms with Crippen LogP contribution in [0.3, 0.4) is 0 Å². The Morgan fingerprint density at radius 3 is 2.23 bits per heavy atom. The zero-order valence-electron chi connectivity index (χ0n) is 13.5. The van der Waals surface area contributed by atoms with Crippen LogP contribution in [0.2, 0.25) is 0 Å². The van der Waals surface area contributed by atoms with Crippen LogP contribution in [0.15, 0.2) is 30.3 Å². The van der Waals surface area contributed by atoms with Gasteiger partial charge in [0.2, 0.25) is 0 Å². The van der Waals surface area contributed by atoms with E-state index in [1.54, 1.807) is 30.3 Å². The van der Waals surface area contributed by atoms with Crippen molar-refractivity contribution in [2.45, 2.75) is 39.3 Å². The molecule has 3 unspecified atom stereocenters. The maximum Gasteiger partial charge on any atom is 0.323 e. The molecule has 1 aromatic carbocycles. The molecule has 0 aliphatic carbocycles. The number of benzene rings is 1. The maximum atomic E-state index is 12.5. The molecule has 0 saturated heterocycles. The monoisotopic (exact) mass is 305 g/mol. The Bertz CT molecular complexity index is 527. The molecule has 120 valence electrons. The van der Waals surface area contributed by atoms with Crippen LogP contribution in [-0.4, -0.2) is 36.7 Å². The van der Waals surface area contributed by atoms with Gasteiger partial charge < -0.3 is 4.74 Å². The number of carbonyl (C=O) groups is 3. The Kier molecular flexibility index (Phi) is 6.92. The van der Waals surface area contributed by atoms with Crippen molar-refractivity contribution in [2.75, 3.05) is 7.11 Å². The van der Waals surface area contributed by atoms with Gasteiger partial charge in [-0.25, -0.2) is 0 Å². The highest BCUT2D eigenvalue weighted by Crippen LogP contribution is 2.12. The summed E-state index contributed by atoms with van der Waals surface area (Å²) in [5.74, 6) is -1.20. The minimum absolute atomic E-state index is 0.0575. The molecular formula is C17H23NO4. The Hall–Kier alpha value is -2.01. The number of nitrogens with one attached hydrogen (secondary N) is 1. The highest BCUT2D eigenvalue weighted by molar-refractivity contribution is 6.13. The fourth-order valence-corrected chi connectivity index (χ4v) is 2.15. The van der Waals surface area contributed by atoms with E-state index in [0.29, 0.717) is 5.56 Å². The van der Waals surface area contributed by atoms with Gasteiger partial charge in [-0.3, -0.25) is 19.7 Å². The number of ketones is 2. The molecule has 0 aromatic heterocycles. The molecular weight excluding hydrogens is 282 g/mol. The first kappa shape index (κ1) is 18.0. The van der Waals surface area contributed by atoms with Gasteiger partial charge in [0.05, 0.1) is 7.11 Å². The lowest BCUT2D eigenvalue weighted by Crippen LogP contribution is -2.53. The van der Waals surface area contributed by atoms with E-state index in [0.717, 1.165) is 6.42 Å².